The van der Waals surface area contributed by atoms with Crippen molar-refractivity contribution in [2.24, 2.45) is 0 Å². The normalized spacial score (nSPS) is 25.2. The average Bonchev–Trinajstić information content (AvgIpc) is 2.82. The van der Waals surface area contributed by atoms with Crippen LogP contribution in [0.1, 0.15) is 11.1 Å². The zero-order valence-corrected chi connectivity index (χ0v) is 17.4. The molecule has 0 unspecified atom stereocenters. The van der Waals surface area contributed by atoms with E-state index in [1.807, 2.05) is 18.2 Å². The number of rotatable bonds is 7. The van der Waals surface area contributed by atoms with Crippen LogP contribution in [0, 0.1) is 0 Å². The van der Waals surface area contributed by atoms with E-state index >= 15 is 0 Å². The Morgan fingerprint density at radius 1 is 0.818 bits per heavy atom. The minimum Gasteiger partial charge on any atom is -0.508 e. The van der Waals surface area contributed by atoms with Gasteiger partial charge in [-0.1, -0.05) is 42.5 Å². The highest BCUT2D eigenvalue weighted by Gasteiger charge is 2.45. The number of aromatic hydroxyl groups is 1. The van der Waals surface area contributed by atoms with Crippen molar-refractivity contribution in [3.05, 3.63) is 77.9 Å². The van der Waals surface area contributed by atoms with E-state index in [-0.39, 0.29) is 5.75 Å². The third kappa shape index (κ3) is 6.99. The number of benzene rings is 2. The molecule has 174 valence electrons. The predicted octanol–water partition coefficient (Wildman–Crippen LogP) is 1.01. The highest BCUT2D eigenvalue weighted by atomic mass is 16.7. The maximum atomic E-state index is 12.1. The first-order chi connectivity index (χ1) is 15.8. The molecule has 1 aliphatic rings. The maximum absolute atomic E-state index is 12.1. The van der Waals surface area contributed by atoms with Gasteiger partial charge in [0, 0.05) is 12.2 Å². The second kappa shape index (κ2) is 11.4. The summed E-state index contributed by atoms with van der Waals surface area (Å²) in [4.78, 5) is 24.0. The largest absolute Gasteiger partial charge is 0.508 e. The van der Waals surface area contributed by atoms with Crippen molar-refractivity contribution in [2.45, 2.75) is 30.7 Å². The molecule has 1 aliphatic heterocycles. The van der Waals surface area contributed by atoms with Gasteiger partial charge in [-0.25, -0.2) is 9.59 Å². The zero-order chi connectivity index (χ0) is 23.8. The quantitative estimate of drug-likeness (QED) is 0.355. The average molecular weight is 456 g/mol. The number of hydrogen-bond donors (Lipinski definition) is 4. The summed E-state index contributed by atoms with van der Waals surface area (Å²) >= 11 is 0. The van der Waals surface area contributed by atoms with Crippen molar-refractivity contribution in [2.75, 3.05) is 6.61 Å². The summed E-state index contributed by atoms with van der Waals surface area (Å²) < 4.78 is 15.4. The third-order valence-electron chi connectivity index (χ3n) is 4.81. The van der Waals surface area contributed by atoms with Crippen molar-refractivity contribution >= 4 is 24.1 Å². The number of ether oxygens (including phenoxy) is 3. The van der Waals surface area contributed by atoms with E-state index in [1.165, 1.54) is 24.3 Å². The Morgan fingerprint density at radius 2 is 1.42 bits per heavy atom. The number of phenols is 1. The van der Waals surface area contributed by atoms with Gasteiger partial charge in [0.15, 0.2) is 0 Å². The monoisotopic (exact) mass is 456 g/mol. The van der Waals surface area contributed by atoms with Gasteiger partial charge >= 0.3 is 11.9 Å². The fraction of sp³-hybridized carbons (Fsp3) is 0.250. The summed E-state index contributed by atoms with van der Waals surface area (Å²) in [7, 11) is 0. The molecular weight excluding hydrogens is 432 g/mol. The number of carbonyl (C=O) groups excluding carboxylic acids is 2. The molecule has 0 radical (unpaired) electrons. The lowest BCUT2D eigenvalue weighted by molar-refractivity contribution is -0.291. The Morgan fingerprint density at radius 3 is 2.09 bits per heavy atom. The third-order valence-corrected chi connectivity index (χ3v) is 4.81. The first-order valence-corrected chi connectivity index (χ1v) is 10.1. The predicted molar refractivity (Wildman–Crippen MR) is 116 cm³/mol. The molecule has 1 saturated heterocycles. The molecule has 2 aromatic rings. The van der Waals surface area contributed by atoms with E-state index in [9.17, 15) is 30.0 Å². The highest BCUT2D eigenvalue weighted by molar-refractivity contribution is 5.87. The van der Waals surface area contributed by atoms with Crippen LogP contribution in [0.4, 0.5) is 0 Å². The van der Waals surface area contributed by atoms with Gasteiger partial charge in [0.1, 0.15) is 36.8 Å². The molecule has 2 aromatic carbocycles. The summed E-state index contributed by atoms with van der Waals surface area (Å²) in [5.41, 5.74) is 1.40. The summed E-state index contributed by atoms with van der Waals surface area (Å²) in [6, 6.07) is 15.1. The van der Waals surface area contributed by atoms with Crippen LogP contribution in [0.3, 0.4) is 0 Å². The molecule has 9 heteroatoms. The van der Waals surface area contributed by atoms with Gasteiger partial charge in [-0.05, 0) is 35.4 Å². The molecule has 0 saturated carbocycles. The van der Waals surface area contributed by atoms with Gasteiger partial charge in [-0.15, -0.1) is 0 Å². The van der Waals surface area contributed by atoms with Crippen LogP contribution in [-0.2, 0) is 23.8 Å². The number of esters is 2. The summed E-state index contributed by atoms with van der Waals surface area (Å²) in [5, 5.41) is 39.6. The van der Waals surface area contributed by atoms with Gasteiger partial charge in [0.05, 0.1) is 0 Å². The molecule has 1 heterocycles. The fourth-order valence-corrected chi connectivity index (χ4v) is 3.00. The van der Waals surface area contributed by atoms with Crippen LogP contribution in [0.25, 0.3) is 12.2 Å². The van der Waals surface area contributed by atoms with Gasteiger partial charge in [0.2, 0.25) is 6.29 Å². The number of aliphatic hydroxyl groups excluding tert-OH is 3. The summed E-state index contributed by atoms with van der Waals surface area (Å²) in [6.07, 6.45) is -2.58. The molecule has 33 heavy (non-hydrogen) atoms. The van der Waals surface area contributed by atoms with Crippen molar-refractivity contribution in [3.8, 4) is 5.75 Å². The summed E-state index contributed by atoms with van der Waals surface area (Å²) in [5.74, 6) is -1.51. The van der Waals surface area contributed by atoms with E-state index in [4.69, 9.17) is 14.2 Å². The van der Waals surface area contributed by atoms with E-state index in [2.05, 4.69) is 0 Å². The molecule has 5 atom stereocenters. The van der Waals surface area contributed by atoms with Crippen LogP contribution in [0.15, 0.2) is 66.7 Å². The lowest BCUT2D eigenvalue weighted by atomic mass is 9.99. The first-order valence-electron chi connectivity index (χ1n) is 10.1. The number of aliphatic hydroxyl groups is 3. The molecule has 4 N–H and O–H groups in total. The first kappa shape index (κ1) is 24.1. The molecular formula is C24H24O9. The molecule has 0 amide bonds. The second-order valence-electron chi connectivity index (χ2n) is 7.25. The number of phenolic OH excluding ortho intramolecular Hbond substituents is 1. The topological polar surface area (TPSA) is 143 Å². The second-order valence-corrected chi connectivity index (χ2v) is 7.25. The Balaban J connectivity index is 1.55. The van der Waals surface area contributed by atoms with E-state index in [0.717, 1.165) is 11.6 Å². The van der Waals surface area contributed by atoms with Crippen molar-refractivity contribution in [1.82, 2.24) is 0 Å². The molecule has 3 rings (SSSR count). The van der Waals surface area contributed by atoms with E-state index < -0.39 is 49.3 Å². The minimum absolute atomic E-state index is 0.0725. The molecule has 9 nitrogen and oxygen atoms in total. The Labute approximate surface area is 189 Å². The molecule has 0 aliphatic carbocycles. The van der Waals surface area contributed by atoms with E-state index in [1.54, 1.807) is 30.3 Å². The van der Waals surface area contributed by atoms with Crippen LogP contribution in [0.2, 0.25) is 0 Å². The van der Waals surface area contributed by atoms with Crippen LogP contribution in [0.5, 0.6) is 5.75 Å². The van der Waals surface area contributed by atoms with E-state index in [0.29, 0.717) is 5.56 Å². The molecule has 0 aromatic heterocycles. The fourth-order valence-electron chi connectivity index (χ4n) is 3.00. The number of carbonyl (C=O) groups is 2. The minimum atomic E-state index is -1.71. The Kier molecular flexibility index (Phi) is 8.34. The van der Waals surface area contributed by atoms with Crippen molar-refractivity contribution < 1.29 is 44.2 Å². The zero-order valence-electron chi connectivity index (χ0n) is 17.4. The maximum Gasteiger partial charge on any atom is 0.333 e. The van der Waals surface area contributed by atoms with Crippen molar-refractivity contribution in [1.29, 1.82) is 0 Å². The van der Waals surface area contributed by atoms with Crippen LogP contribution in [-0.4, -0.2) is 69.7 Å². The number of hydrogen-bond acceptors (Lipinski definition) is 9. The van der Waals surface area contributed by atoms with Gasteiger partial charge in [-0.2, -0.15) is 0 Å². The highest BCUT2D eigenvalue weighted by Crippen LogP contribution is 2.23. The van der Waals surface area contributed by atoms with Crippen LogP contribution >= 0.6 is 0 Å². The van der Waals surface area contributed by atoms with Gasteiger partial charge < -0.3 is 34.6 Å². The molecule has 1 fully saturated rings. The molecule has 0 bridgehead atoms. The smallest absolute Gasteiger partial charge is 0.333 e. The van der Waals surface area contributed by atoms with Crippen LogP contribution < -0.4 is 0 Å². The van der Waals surface area contributed by atoms with Gasteiger partial charge in [-0.3, -0.25) is 0 Å². The SMILES string of the molecule is O=C(C=Cc1ccccc1)OC[C@H]1O[C@@H](OC(=O)C=Cc2ccc(O)cc2)[C@H](O)[C@@H](O)[C@@H]1O. The van der Waals surface area contributed by atoms with Crippen molar-refractivity contribution in [3.63, 3.8) is 0 Å². The standard InChI is InChI=1S/C24H24O9/c25-17-10-6-16(7-11-17)9-13-20(27)33-24-23(30)22(29)21(28)18(32-24)14-31-19(26)12-8-15-4-2-1-3-5-15/h1-13,18,21-25,28-30H,14H2/t18-,21-,22+,23-,24+/m1/s1. The summed E-state index contributed by atoms with van der Waals surface area (Å²) in [6.45, 7) is -0.444. The lowest BCUT2D eigenvalue weighted by Crippen LogP contribution is -2.59. The van der Waals surface area contributed by atoms with Gasteiger partial charge in [0.25, 0.3) is 0 Å². The Bertz CT molecular complexity index is 985. The molecule has 0 spiro atoms. The Hall–Kier alpha value is -3.50. The lowest BCUT2D eigenvalue weighted by Gasteiger charge is -2.39.